The van der Waals surface area contributed by atoms with Crippen molar-refractivity contribution in [1.29, 1.82) is 0 Å². The summed E-state index contributed by atoms with van der Waals surface area (Å²) in [5.74, 6) is 0.763. The van der Waals surface area contributed by atoms with Crippen LogP contribution in [0.15, 0.2) is 12.1 Å². The predicted molar refractivity (Wildman–Crippen MR) is 70.8 cm³/mol. The molecule has 0 aliphatic heterocycles. The number of carbonyl (C=O) groups is 1. The summed E-state index contributed by atoms with van der Waals surface area (Å²) in [7, 11) is 1.86. The molecule has 0 spiro atoms. The van der Waals surface area contributed by atoms with Crippen LogP contribution in [0, 0.1) is 5.92 Å². The van der Waals surface area contributed by atoms with E-state index >= 15 is 0 Å². The molecule has 1 atom stereocenters. The van der Waals surface area contributed by atoms with Gasteiger partial charge in [-0.15, -0.1) is 23.7 Å². The average Bonchev–Trinajstić information content (AvgIpc) is 2.96. The number of hydrogen-bond donors (Lipinski definition) is 2. The molecule has 90 valence electrons. The Bertz CT molecular complexity index is 363. The lowest BCUT2D eigenvalue weighted by atomic mass is 10.2. The molecule has 0 radical (unpaired) electrons. The molecule has 1 saturated carbocycles. The number of carbonyl (C=O) groups excluding carboxylic acids is 1. The van der Waals surface area contributed by atoms with Gasteiger partial charge in [-0.1, -0.05) is 0 Å². The van der Waals surface area contributed by atoms with Crippen LogP contribution < -0.4 is 10.6 Å². The van der Waals surface area contributed by atoms with Crippen LogP contribution in [0.5, 0.6) is 0 Å². The van der Waals surface area contributed by atoms with Crippen LogP contribution in [0.2, 0.25) is 0 Å². The molecular weight excluding hydrogens is 244 g/mol. The van der Waals surface area contributed by atoms with Gasteiger partial charge in [0.15, 0.2) is 0 Å². The molecule has 2 N–H and O–H groups in total. The first-order chi connectivity index (χ1) is 7.20. The Balaban J connectivity index is 0.00000128. The normalized spacial score (nSPS) is 16.1. The first-order valence-electron chi connectivity index (χ1n) is 5.29. The highest BCUT2D eigenvalue weighted by Gasteiger charge is 2.29. The predicted octanol–water partition coefficient (Wildman–Crippen LogP) is 2.74. The van der Waals surface area contributed by atoms with Crippen molar-refractivity contribution < 1.29 is 4.79 Å². The minimum Gasteiger partial charge on any atom is -0.380 e. The van der Waals surface area contributed by atoms with Crippen LogP contribution in [-0.2, 0) is 0 Å². The minimum absolute atomic E-state index is 0. The van der Waals surface area contributed by atoms with E-state index < -0.39 is 0 Å². The molecule has 1 fully saturated rings. The van der Waals surface area contributed by atoms with Gasteiger partial charge in [-0.2, -0.15) is 0 Å². The van der Waals surface area contributed by atoms with E-state index in [2.05, 4.69) is 17.6 Å². The third-order valence-corrected chi connectivity index (χ3v) is 3.87. The van der Waals surface area contributed by atoms with Crippen LogP contribution in [0.4, 0.5) is 5.00 Å². The minimum atomic E-state index is 0. The monoisotopic (exact) mass is 260 g/mol. The van der Waals surface area contributed by atoms with E-state index in [0.29, 0.717) is 12.0 Å². The maximum Gasteiger partial charge on any atom is 0.261 e. The Kier molecular flexibility index (Phi) is 4.62. The Morgan fingerprint density at radius 3 is 2.69 bits per heavy atom. The number of hydrogen-bond acceptors (Lipinski definition) is 3. The highest BCUT2D eigenvalue weighted by molar-refractivity contribution is 7.17. The maximum absolute atomic E-state index is 11.8. The zero-order valence-electron chi connectivity index (χ0n) is 9.45. The van der Waals surface area contributed by atoms with Crippen molar-refractivity contribution in [2.75, 3.05) is 12.4 Å². The Hall–Kier alpha value is -0.740. The van der Waals surface area contributed by atoms with Crippen LogP contribution in [0.25, 0.3) is 0 Å². The molecule has 0 saturated heterocycles. The van der Waals surface area contributed by atoms with Crippen LogP contribution in [0.3, 0.4) is 0 Å². The molecule has 0 aromatic carbocycles. The molecule has 1 aliphatic rings. The van der Waals surface area contributed by atoms with Crippen molar-refractivity contribution in [2.24, 2.45) is 5.92 Å². The van der Waals surface area contributed by atoms with Gasteiger partial charge in [-0.05, 0) is 37.8 Å². The van der Waals surface area contributed by atoms with E-state index in [4.69, 9.17) is 0 Å². The smallest absolute Gasteiger partial charge is 0.261 e. The van der Waals surface area contributed by atoms with E-state index in [1.165, 1.54) is 24.2 Å². The van der Waals surface area contributed by atoms with Gasteiger partial charge < -0.3 is 10.6 Å². The van der Waals surface area contributed by atoms with Crippen molar-refractivity contribution in [3.05, 3.63) is 17.0 Å². The summed E-state index contributed by atoms with van der Waals surface area (Å²) >= 11 is 1.49. The van der Waals surface area contributed by atoms with Crippen molar-refractivity contribution in [1.82, 2.24) is 5.32 Å². The Morgan fingerprint density at radius 1 is 1.50 bits per heavy atom. The summed E-state index contributed by atoms with van der Waals surface area (Å²) < 4.78 is 0. The summed E-state index contributed by atoms with van der Waals surface area (Å²) in [4.78, 5) is 12.6. The van der Waals surface area contributed by atoms with Crippen LogP contribution in [0.1, 0.15) is 29.4 Å². The second-order valence-corrected chi connectivity index (χ2v) is 5.10. The molecule has 0 bridgehead atoms. The molecule has 16 heavy (non-hydrogen) atoms. The Labute approximate surface area is 106 Å². The van der Waals surface area contributed by atoms with Gasteiger partial charge >= 0.3 is 0 Å². The molecule has 1 aliphatic carbocycles. The first-order valence-corrected chi connectivity index (χ1v) is 6.11. The van der Waals surface area contributed by atoms with E-state index in [-0.39, 0.29) is 18.3 Å². The molecule has 3 nitrogen and oxygen atoms in total. The van der Waals surface area contributed by atoms with Gasteiger partial charge in [0.1, 0.15) is 0 Å². The average molecular weight is 261 g/mol. The molecule has 1 amide bonds. The largest absolute Gasteiger partial charge is 0.380 e. The second kappa shape index (κ2) is 5.55. The lowest BCUT2D eigenvalue weighted by Crippen LogP contribution is -2.33. The third-order valence-electron chi connectivity index (χ3n) is 2.76. The van der Waals surface area contributed by atoms with Gasteiger partial charge in [0.2, 0.25) is 0 Å². The SMILES string of the molecule is CNc1ccc(C(=O)NC(C)C2CC2)s1.Cl. The number of halogens is 1. The number of nitrogens with one attached hydrogen (secondary N) is 2. The molecule has 1 aromatic heterocycles. The summed E-state index contributed by atoms with van der Waals surface area (Å²) in [6.45, 7) is 2.09. The Morgan fingerprint density at radius 2 is 2.19 bits per heavy atom. The number of rotatable bonds is 4. The lowest BCUT2D eigenvalue weighted by molar-refractivity contribution is 0.0940. The second-order valence-electron chi connectivity index (χ2n) is 4.01. The highest BCUT2D eigenvalue weighted by Crippen LogP contribution is 2.32. The highest BCUT2D eigenvalue weighted by atomic mass is 35.5. The third kappa shape index (κ3) is 3.12. The van der Waals surface area contributed by atoms with Gasteiger partial charge in [0, 0.05) is 13.1 Å². The summed E-state index contributed by atoms with van der Waals surface area (Å²) in [5, 5.41) is 7.10. The van der Waals surface area contributed by atoms with E-state index in [1.54, 1.807) is 0 Å². The van der Waals surface area contributed by atoms with Gasteiger partial charge in [-0.25, -0.2) is 0 Å². The van der Waals surface area contributed by atoms with Crippen molar-refractivity contribution in [2.45, 2.75) is 25.8 Å². The zero-order chi connectivity index (χ0) is 10.8. The number of amides is 1. The van der Waals surface area contributed by atoms with E-state index in [0.717, 1.165) is 9.88 Å². The van der Waals surface area contributed by atoms with Gasteiger partial charge in [0.25, 0.3) is 5.91 Å². The summed E-state index contributed by atoms with van der Waals surface area (Å²) in [6.07, 6.45) is 2.52. The first kappa shape index (κ1) is 13.3. The number of anilines is 1. The van der Waals surface area contributed by atoms with E-state index in [9.17, 15) is 4.79 Å². The van der Waals surface area contributed by atoms with Crippen molar-refractivity contribution in [3.63, 3.8) is 0 Å². The molecule has 1 unspecified atom stereocenters. The summed E-state index contributed by atoms with van der Waals surface area (Å²) in [6, 6.07) is 4.12. The molecule has 1 aromatic rings. The zero-order valence-corrected chi connectivity index (χ0v) is 11.1. The fraction of sp³-hybridized carbons (Fsp3) is 0.545. The quantitative estimate of drug-likeness (QED) is 0.874. The topological polar surface area (TPSA) is 41.1 Å². The fourth-order valence-electron chi connectivity index (χ4n) is 1.59. The molecule has 2 rings (SSSR count). The molecule has 5 heteroatoms. The van der Waals surface area contributed by atoms with Crippen molar-refractivity contribution in [3.8, 4) is 0 Å². The lowest BCUT2D eigenvalue weighted by Gasteiger charge is -2.11. The van der Waals surface area contributed by atoms with Crippen LogP contribution in [-0.4, -0.2) is 19.0 Å². The van der Waals surface area contributed by atoms with Gasteiger partial charge in [-0.3, -0.25) is 4.79 Å². The van der Waals surface area contributed by atoms with Crippen LogP contribution >= 0.6 is 23.7 Å². The van der Waals surface area contributed by atoms with E-state index in [1.807, 2.05) is 19.2 Å². The molecule has 1 heterocycles. The standard InChI is InChI=1S/C11H16N2OS.ClH/c1-7(8-3-4-8)13-11(14)9-5-6-10(12-2)15-9;/h5-8,12H,3-4H2,1-2H3,(H,13,14);1H. The summed E-state index contributed by atoms with van der Waals surface area (Å²) in [5.41, 5.74) is 0. The molecular formula is C11H17ClN2OS. The number of thiophene rings is 1. The maximum atomic E-state index is 11.8. The van der Waals surface area contributed by atoms with Crippen molar-refractivity contribution >= 4 is 34.7 Å². The fourth-order valence-corrected chi connectivity index (χ4v) is 2.35. The van der Waals surface area contributed by atoms with Gasteiger partial charge in [0.05, 0.1) is 9.88 Å².